The molecule has 0 saturated carbocycles. The third-order valence-electron chi connectivity index (χ3n) is 3.20. The van der Waals surface area contributed by atoms with Crippen LogP contribution in [0.4, 0.5) is 10.1 Å². The van der Waals surface area contributed by atoms with E-state index in [-0.39, 0.29) is 30.7 Å². The summed E-state index contributed by atoms with van der Waals surface area (Å²) in [5, 5.41) is 11.8. The molecule has 0 aromatic heterocycles. The Labute approximate surface area is 116 Å². The molecule has 19 heavy (non-hydrogen) atoms. The van der Waals surface area contributed by atoms with Crippen LogP contribution in [0.1, 0.15) is 6.42 Å². The van der Waals surface area contributed by atoms with Crippen molar-refractivity contribution in [3.05, 3.63) is 29.0 Å². The zero-order valence-electron chi connectivity index (χ0n) is 10.4. The Morgan fingerprint density at radius 1 is 1.58 bits per heavy atom. The second-order valence-corrected chi connectivity index (χ2v) is 5.18. The Hall–Kier alpha value is -1.17. The lowest BCUT2D eigenvalue weighted by Gasteiger charge is -2.15. The van der Waals surface area contributed by atoms with Gasteiger partial charge in [0.15, 0.2) is 0 Å². The number of nitrogens with one attached hydrogen (secondary N) is 1. The molecule has 1 unspecified atom stereocenters. The van der Waals surface area contributed by atoms with Crippen LogP contribution >= 0.6 is 11.6 Å². The van der Waals surface area contributed by atoms with Crippen molar-refractivity contribution < 1.29 is 14.3 Å². The molecule has 2 rings (SSSR count). The van der Waals surface area contributed by atoms with Crippen LogP contribution < -0.4 is 5.32 Å². The molecule has 1 heterocycles. The van der Waals surface area contributed by atoms with E-state index in [1.165, 1.54) is 12.1 Å². The highest BCUT2D eigenvalue weighted by atomic mass is 35.5. The first-order chi connectivity index (χ1) is 9.08. The van der Waals surface area contributed by atoms with Gasteiger partial charge < -0.3 is 10.4 Å². The van der Waals surface area contributed by atoms with E-state index >= 15 is 0 Å². The number of carbonyl (C=O) groups excluding carboxylic acids is 1. The minimum Gasteiger partial charge on any atom is -0.396 e. The summed E-state index contributed by atoms with van der Waals surface area (Å²) in [5.74, 6) is -0.574. The zero-order valence-corrected chi connectivity index (χ0v) is 11.2. The molecule has 0 bridgehead atoms. The van der Waals surface area contributed by atoms with E-state index in [0.29, 0.717) is 11.6 Å². The normalized spacial score (nSPS) is 19.6. The highest BCUT2D eigenvalue weighted by Crippen LogP contribution is 2.19. The first-order valence-electron chi connectivity index (χ1n) is 6.16. The zero-order chi connectivity index (χ0) is 13.8. The third kappa shape index (κ3) is 3.89. The number of benzene rings is 1. The van der Waals surface area contributed by atoms with E-state index < -0.39 is 5.82 Å². The number of likely N-dealkylation sites (tertiary alicyclic amines) is 1. The monoisotopic (exact) mass is 286 g/mol. The molecule has 0 aliphatic carbocycles. The smallest absolute Gasteiger partial charge is 0.238 e. The summed E-state index contributed by atoms with van der Waals surface area (Å²) < 4.78 is 13.5. The van der Waals surface area contributed by atoms with Gasteiger partial charge in [-0.25, -0.2) is 4.39 Å². The van der Waals surface area contributed by atoms with Gasteiger partial charge >= 0.3 is 0 Å². The van der Waals surface area contributed by atoms with Gasteiger partial charge in [-0.2, -0.15) is 0 Å². The second kappa shape index (κ2) is 6.32. The highest BCUT2D eigenvalue weighted by Gasteiger charge is 2.23. The molecule has 1 aromatic rings. The van der Waals surface area contributed by atoms with Crippen molar-refractivity contribution in [2.24, 2.45) is 5.92 Å². The van der Waals surface area contributed by atoms with Crippen molar-refractivity contribution in [1.82, 2.24) is 4.90 Å². The van der Waals surface area contributed by atoms with Crippen LogP contribution in [0, 0.1) is 11.7 Å². The van der Waals surface area contributed by atoms with Crippen molar-refractivity contribution >= 4 is 23.2 Å². The molecule has 0 radical (unpaired) electrons. The Morgan fingerprint density at radius 2 is 2.37 bits per heavy atom. The van der Waals surface area contributed by atoms with Crippen LogP contribution in [-0.2, 0) is 4.79 Å². The minimum atomic E-state index is -0.546. The maximum absolute atomic E-state index is 13.5. The summed E-state index contributed by atoms with van der Waals surface area (Å²) in [4.78, 5) is 13.7. The van der Waals surface area contributed by atoms with Crippen molar-refractivity contribution in [1.29, 1.82) is 0 Å². The lowest BCUT2D eigenvalue weighted by atomic mass is 10.1. The summed E-state index contributed by atoms with van der Waals surface area (Å²) in [7, 11) is 0. The number of hydrogen-bond acceptors (Lipinski definition) is 3. The number of aliphatic hydroxyl groups is 1. The molecule has 1 amide bonds. The van der Waals surface area contributed by atoms with E-state index in [1.54, 1.807) is 0 Å². The SMILES string of the molecule is O=C(CN1CCC(CO)C1)Nc1ccc(Cl)cc1F. The predicted molar refractivity (Wildman–Crippen MR) is 71.7 cm³/mol. The fraction of sp³-hybridized carbons (Fsp3) is 0.462. The quantitative estimate of drug-likeness (QED) is 0.886. The number of rotatable bonds is 4. The molecule has 0 spiro atoms. The Bertz CT molecular complexity index is 470. The van der Waals surface area contributed by atoms with E-state index in [0.717, 1.165) is 19.0 Å². The molecule has 1 aliphatic rings. The molecular formula is C13H16ClFN2O2. The standard InChI is InChI=1S/C13H16ClFN2O2/c14-10-1-2-12(11(15)5-10)16-13(19)7-17-4-3-9(6-17)8-18/h1-2,5,9,18H,3-4,6-8H2,(H,16,19). The number of halogens is 2. The van der Waals surface area contributed by atoms with Gasteiger partial charge in [0.05, 0.1) is 12.2 Å². The number of anilines is 1. The molecule has 1 aromatic carbocycles. The molecule has 1 fully saturated rings. The van der Waals surface area contributed by atoms with E-state index in [1.807, 2.05) is 4.90 Å². The molecule has 1 atom stereocenters. The second-order valence-electron chi connectivity index (χ2n) is 4.74. The molecule has 1 saturated heterocycles. The summed E-state index contributed by atoms with van der Waals surface area (Å²) in [6.45, 7) is 1.83. The van der Waals surface area contributed by atoms with Gasteiger partial charge in [-0.1, -0.05) is 11.6 Å². The molecule has 6 heteroatoms. The average molecular weight is 287 g/mol. The van der Waals surface area contributed by atoms with Gasteiger partial charge in [0.25, 0.3) is 0 Å². The molecule has 2 N–H and O–H groups in total. The average Bonchev–Trinajstić information content (AvgIpc) is 2.80. The summed E-state index contributed by atoms with van der Waals surface area (Å²) in [6.07, 6.45) is 0.888. The van der Waals surface area contributed by atoms with Gasteiger partial charge in [0.2, 0.25) is 5.91 Å². The van der Waals surface area contributed by atoms with Gasteiger partial charge in [0, 0.05) is 18.2 Å². The van der Waals surface area contributed by atoms with E-state index in [4.69, 9.17) is 16.7 Å². The highest BCUT2D eigenvalue weighted by molar-refractivity contribution is 6.30. The lowest BCUT2D eigenvalue weighted by Crippen LogP contribution is -2.32. The van der Waals surface area contributed by atoms with Crippen LogP contribution in [-0.4, -0.2) is 42.2 Å². The van der Waals surface area contributed by atoms with Crippen LogP contribution in [0.15, 0.2) is 18.2 Å². The maximum atomic E-state index is 13.5. The number of nitrogens with zero attached hydrogens (tertiary/aromatic N) is 1. The number of aliphatic hydroxyl groups excluding tert-OH is 1. The van der Waals surface area contributed by atoms with Crippen LogP contribution in [0.3, 0.4) is 0 Å². The van der Waals surface area contributed by atoms with Gasteiger partial charge in [-0.05, 0) is 37.1 Å². The first kappa shape index (κ1) is 14.2. The van der Waals surface area contributed by atoms with E-state index in [9.17, 15) is 9.18 Å². The van der Waals surface area contributed by atoms with Crippen molar-refractivity contribution in [3.8, 4) is 0 Å². The van der Waals surface area contributed by atoms with E-state index in [2.05, 4.69) is 5.32 Å². The number of hydrogen-bond donors (Lipinski definition) is 2. The van der Waals surface area contributed by atoms with Crippen LogP contribution in [0.25, 0.3) is 0 Å². The maximum Gasteiger partial charge on any atom is 0.238 e. The summed E-state index contributed by atoms with van der Waals surface area (Å²) >= 11 is 5.64. The largest absolute Gasteiger partial charge is 0.396 e. The summed E-state index contributed by atoms with van der Waals surface area (Å²) in [5.41, 5.74) is 0.132. The van der Waals surface area contributed by atoms with Gasteiger partial charge in [-0.3, -0.25) is 9.69 Å². The van der Waals surface area contributed by atoms with Crippen LogP contribution in [0.5, 0.6) is 0 Å². The topological polar surface area (TPSA) is 52.6 Å². The number of carbonyl (C=O) groups is 1. The number of amides is 1. The Morgan fingerprint density at radius 3 is 3.00 bits per heavy atom. The minimum absolute atomic E-state index is 0.132. The molecule has 1 aliphatic heterocycles. The predicted octanol–water partition coefficient (Wildman–Crippen LogP) is 1.73. The molecular weight excluding hydrogens is 271 g/mol. The van der Waals surface area contributed by atoms with Crippen molar-refractivity contribution in [2.75, 3.05) is 31.6 Å². The third-order valence-corrected chi connectivity index (χ3v) is 3.44. The van der Waals surface area contributed by atoms with Crippen molar-refractivity contribution in [2.45, 2.75) is 6.42 Å². The van der Waals surface area contributed by atoms with Gasteiger partial charge in [0.1, 0.15) is 5.82 Å². The van der Waals surface area contributed by atoms with Crippen molar-refractivity contribution in [3.63, 3.8) is 0 Å². The van der Waals surface area contributed by atoms with Crippen LogP contribution in [0.2, 0.25) is 5.02 Å². The molecule has 4 nitrogen and oxygen atoms in total. The Kier molecular flexibility index (Phi) is 4.74. The fourth-order valence-electron chi connectivity index (χ4n) is 2.19. The lowest BCUT2D eigenvalue weighted by molar-refractivity contribution is -0.117. The van der Waals surface area contributed by atoms with Gasteiger partial charge in [-0.15, -0.1) is 0 Å². The fourth-order valence-corrected chi connectivity index (χ4v) is 2.35. The Balaban J connectivity index is 1.87. The first-order valence-corrected chi connectivity index (χ1v) is 6.54. The molecule has 104 valence electrons. The summed E-state index contributed by atoms with van der Waals surface area (Å²) in [6, 6.07) is 4.13.